The predicted molar refractivity (Wildman–Crippen MR) is 108 cm³/mol. The average Bonchev–Trinajstić information content (AvgIpc) is 2.73. The highest BCUT2D eigenvalue weighted by molar-refractivity contribution is 5.79. The van der Waals surface area contributed by atoms with Crippen molar-refractivity contribution in [3.05, 3.63) is 30.1 Å². The van der Waals surface area contributed by atoms with Crippen molar-refractivity contribution in [1.82, 2.24) is 20.1 Å². The monoisotopic (exact) mass is 398 g/mol. The molecule has 7 heteroatoms. The maximum Gasteiger partial charge on any atom is 0.223 e. The normalized spacial score (nSPS) is 28.7. The number of hydrogen-bond donors (Lipinski definition) is 1. The number of nitrogens with one attached hydrogen (secondary N) is 1. The second kappa shape index (κ2) is 8.51. The van der Waals surface area contributed by atoms with Crippen molar-refractivity contribution in [3.63, 3.8) is 0 Å². The van der Waals surface area contributed by atoms with E-state index in [1.54, 1.807) is 12.4 Å². The summed E-state index contributed by atoms with van der Waals surface area (Å²) in [6.45, 7) is 3.41. The van der Waals surface area contributed by atoms with E-state index >= 15 is 0 Å². The zero-order valence-corrected chi connectivity index (χ0v) is 17.0. The van der Waals surface area contributed by atoms with E-state index in [1.165, 1.54) is 6.92 Å². The topological polar surface area (TPSA) is 82.6 Å². The Morgan fingerprint density at radius 2 is 1.97 bits per heavy atom. The lowest BCUT2D eigenvalue weighted by molar-refractivity contribution is -0.156. The summed E-state index contributed by atoms with van der Waals surface area (Å²) in [5, 5.41) is 2.92. The quantitative estimate of drug-likeness (QED) is 0.812. The van der Waals surface area contributed by atoms with Crippen LogP contribution >= 0.6 is 0 Å². The van der Waals surface area contributed by atoms with Crippen LogP contribution in [0.1, 0.15) is 44.6 Å². The highest BCUT2D eigenvalue weighted by Gasteiger charge is 2.49. The lowest BCUT2D eigenvalue weighted by atomic mass is 9.72. The van der Waals surface area contributed by atoms with Gasteiger partial charge < -0.3 is 15.1 Å². The van der Waals surface area contributed by atoms with Crippen LogP contribution in [0.25, 0.3) is 0 Å². The molecule has 3 saturated heterocycles. The Morgan fingerprint density at radius 3 is 2.72 bits per heavy atom. The number of hydrogen-bond acceptors (Lipinski definition) is 4. The first-order valence-corrected chi connectivity index (χ1v) is 10.7. The van der Waals surface area contributed by atoms with Crippen LogP contribution in [0.3, 0.4) is 0 Å². The molecule has 0 saturated carbocycles. The minimum absolute atomic E-state index is 0.0104. The van der Waals surface area contributed by atoms with Gasteiger partial charge in [-0.05, 0) is 55.2 Å². The second-order valence-electron chi connectivity index (χ2n) is 8.68. The van der Waals surface area contributed by atoms with Crippen LogP contribution in [0.2, 0.25) is 0 Å². The van der Waals surface area contributed by atoms with Crippen LogP contribution in [0.5, 0.6) is 0 Å². The molecule has 0 unspecified atom stereocenters. The molecule has 1 N–H and O–H groups in total. The van der Waals surface area contributed by atoms with Gasteiger partial charge in [0, 0.05) is 57.8 Å². The molecule has 3 aliphatic heterocycles. The van der Waals surface area contributed by atoms with E-state index in [9.17, 15) is 14.4 Å². The van der Waals surface area contributed by atoms with Crippen molar-refractivity contribution in [1.29, 1.82) is 0 Å². The molecule has 4 rings (SSSR count). The summed E-state index contributed by atoms with van der Waals surface area (Å²) in [7, 11) is 0. The molecule has 7 nitrogen and oxygen atoms in total. The van der Waals surface area contributed by atoms with Crippen molar-refractivity contribution in [2.45, 2.75) is 57.5 Å². The molecule has 0 radical (unpaired) electrons. The van der Waals surface area contributed by atoms with Gasteiger partial charge in [-0.15, -0.1) is 0 Å². The fourth-order valence-corrected chi connectivity index (χ4v) is 5.45. The number of carbonyl (C=O) groups is 3. The molecule has 0 aliphatic carbocycles. The Labute approximate surface area is 171 Å². The number of nitrogens with zero attached hydrogens (tertiary/aromatic N) is 3. The number of amides is 3. The van der Waals surface area contributed by atoms with Gasteiger partial charge in [-0.1, -0.05) is 0 Å². The van der Waals surface area contributed by atoms with Crippen molar-refractivity contribution < 1.29 is 14.4 Å². The Hall–Kier alpha value is -2.44. The summed E-state index contributed by atoms with van der Waals surface area (Å²) in [5.41, 5.74) is 1.12. The number of fused-ring (bicyclic) bond motifs is 4. The number of aromatic nitrogens is 1. The maximum absolute atomic E-state index is 13.0. The van der Waals surface area contributed by atoms with E-state index in [0.717, 1.165) is 37.8 Å². The lowest BCUT2D eigenvalue weighted by Crippen LogP contribution is -2.67. The van der Waals surface area contributed by atoms with E-state index in [2.05, 4.69) is 15.2 Å². The fourth-order valence-electron chi connectivity index (χ4n) is 5.45. The van der Waals surface area contributed by atoms with Crippen LogP contribution in [0.4, 0.5) is 0 Å². The highest BCUT2D eigenvalue weighted by atomic mass is 16.2. The highest BCUT2D eigenvalue weighted by Crippen LogP contribution is 2.41. The van der Waals surface area contributed by atoms with Gasteiger partial charge in [-0.2, -0.15) is 0 Å². The third kappa shape index (κ3) is 4.28. The molecule has 29 heavy (non-hydrogen) atoms. The van der Waals surface area contributed by atoms with Crippen LogP contribution in [0, 0.1) is 11.8 Å². The van der Waals surface area contributed by atoms with Crippen molar-refractivity contribution in [3.8, 4) is 0 Å². The predicted octanol–water partition coefficient (Wildman–Crippen LogP) is 1.38. The van der Waals surface area contributed by atoms with Crippen molar-refractivity contribution in [2.75, 3.05) is 19.6 Å². The summed E-state index contributed by atoms with van der Waals surface area (Å²) in [6, 6.07) is 4.09. The number of carbonyl (C=O) groups excluding carboxylic acids is 3. The lowest BCUT2D eigenvalue weighted by Gasteiger charge is -2.56. The van der Waals surface area contributed by atoms with Gasteiger partial charge in [0.05, 0.1) is 6.04 Å². The van der Waals surface area contributed by atoms with E-state index in [-0.39, 0.29) is 35.7 Å². The standard InChI is InChI=1S/C22H30N4O3/c1-15(27)24-12-20-18-11-17(19-3-2-4-22(29)26(19)20)13-25(14-18)21(28)6-5-16-7-9-23-10-8-16/h7-10,17-20H,2-6,11-14H2,1H3,(H,24,27)/t17-,18+,19+,20+/m1/s1. The summed E-state index contributed by atoms with van der Waals surface area (Å²) in [4.78, 5) is 45.3. The number of pyridine rings is 1. The van der Waals surface area contributed by atoms with Gasteiger partial charge in [0.15, 0.2) is 0 Å². The fraction of sp³-hybridized carbons (Fsp3) is 0.636. The van der Waals surface area contributed by atoms with E-state index in [1.807, 2.05) is 17.0 Å². The molecule has 1 aromatic heterocycles. The smallest absolute Gasteiger partial charge is 0.223 e. The summed E-state index contributed by atoms with van der Waals surface area (Å²) in [5.74, 6) is 0.892. The molecule has 1 aromatic rings. The number of aryl methyl sites for hydroxylation is 1. The number of piperidine rings is 3. The van der Waals surface area contributed by atoms with Gasteiger partial charge in [0.1, 0.15) is 0 Å². The van der Waals surface area contributed by atoms with Gasteiger partial charge in [-0.25, -0.2) is 0 Å². The van der Waals surface area contributed by atoms with E-state index < -0.39 is 0 Å². The second-order valence-corrected chi connectivity index (χ2v) is 8.68. The molecular weight excluding hydrogens is 368 g/mol. The third-order valence-corrected chi connectivity index (χ3v) is 6.79. The Kier molecular flexibility index (Phi) is 5.83. The Morgan fingerprint density at radius 1 is 1.21 bits per heavy atom. The molecule has 3 amide bonds. The molecule has 4 heterocycles. The minimum Gasteiger partial charge on any atom is -0.354 e. The van der Waals surface area contributed by atoms with E-state index in [0.29, 0.717) is 31.8 Å². The summed E-state index contributed by atoms with van der Waals surface area (Å²) < 4.78 is 0. The van der Waals surface area contributed by atoms with Crippen LogP contribution < -0.4 is 5.32 Å². The van der Waals surface area contributed by atoms with Crippen LogP contribution in [-0.2, 0) is 20.8 Å². The van der Waals surface area contributed by atoms with Crippen LogP contribution in [0.15, 0.2) is 24.5 Å². The molecule has 156 valence electrons. The Bertz CT molecular complexity index is 769. The minimum atomic E-state index is -0.0748. The first-order chi connectivity index (χ1) is 14.0. The largest absolute Gasteiger partial charge is 0.354 e. The molecule has 2 bridgehead atoms. The zero-order valence-electron chi connectivity index (χ0n) is 17.0. The molecule has 4 atom stereocenters. The maximum atomic E-state index is 13.0. The van der Waals surface area contributed by atoms with Gasteiger partial charge in [-0.3, -0.25) is 19.4 Å². The Balaban J connectivity index is 1.46. The summed E-state index contributed by atoms with van der Waals surface area (Å²) in [6.07, 6.45) is 8.28. The van der Waals surface area contributed by atoms with Crippen molar-refractivity contribution >= 4 is 17.7 Å². The van der Waals surface area contributed by atoms with Gasteiger partial charge >= 0.3 is 0 Å². The molecule has 3 aliphatic rings. The van der Waals surface area contributed by atoms with Crippen molar-refractivity contribution in [2.24, 2.45) is 11.8 Å². The van der Waals surface area contributed by atoms with Crippen LogP contribution in [-0.4, -0.2) is 64.2 Å². The van der Waals surface area contributed by atoms with Gasteiger partial charge in [0.25, 0.3) is 0 Å². The first kappa shape index (κ1) is 19.9. The first-order valence-electron chi connectivity index (χ1n) is 10.7. The van der Waals surface area contributed by atoms with Gasteiger partial charge in [0.2, 0.25) is 17.7 Å². The zero-order chi connectivity index (χ0) is 20.4. The SMILES string of the molecule is CC(=O)NC[C@H]1[C@H]2C[C@H](CN(C(=O)CCc3ccncc3)C2)[C@@H]2CCCC(=O)N21. The summed E-state index contributed by atoms with van der Waals surface area (Å²) >= 11 is 0. The molecular formula is C22H30N4O3. The number of likely N-dealkylation sites (tertiary alicyclic amines) is 1. The third-order valence-electron chi connectivity index (χ3n) is 6.79. The molecule has 3 fully saturated rings. The van der Waals surface area contributed by atoms with E-state index in [4.69, 9.17) is 0 Å². The molecule has 0 aromatic carbocycles. The molecule has 0 spiro atoms. The number of rotatable bonds is 5. The average molecular weight is 399 g/mol.